The second kappa shape index (κ2) is 8.60. The van der Waals surface area contributed by atoms with Crippen molar-refractivity contribution in [2.45, 2.75) is 18.4 Å². The van der Waals surface area contributed by atoms with Crippen molar-refractivity contribution < 1.29 is 13.2 Å². The molecule has 2 aromatic carbocycles. The first-order chi connectivity index (χ1) is 15.7. The van der Waals surface area contributed by atoms with Crippen LogP contribution in [0.25, 0.3) is 16.7 Å². The van der Waals surface area contributed by atoms with Crippen molar-refractivity contribution >= 4 is 32.7 Å². The lowest BCUT2D eigenvalue weighted by molar-refractivity contribution is -0.116. The Balaban J connectivity index is 1.58. The molecule has 0 atom stereocenters. The maximum atomic E-state index is 12.9. The Kier molecular flexibility index (Phi) is 5.83. The highest BCUT2D eigenvalue weighted by Gasteiger charge is 2.20. The minimum Gasteiger partial charge on any atom is -0.324 e. The first-order valence-corrected chi connectivity index (χ1v) is 11.4. The van der Waals surface area contributed by atoms with Crippen LogP contribution in [0.15, 0.2) is 70.7 Å². The van der Waals surface area contributed by atoms with Crippen LogP contribution in [0.1, 0.15) is 5.56 Å². The van der Waals surface area contributed by atoms with Gasteiger partial charge in [0.2, 0.25) is 15.9 Å². The van der Waals surface area contributed by atoms with E-state index in [1.165, 1.54) is 37.3 Å². The maximum absolute atomic E-state index is 12.9. The van der Waals surface area contributed by atoms with E-state index in [-0.39, 0.29) is 16.8 Å². The van der Waals surface area contributed by atoms with E-state index in [0.29, 0.717) is 16.9 Å². The molecule has 1 N–H and O–H groups in total. The van der Waals surface area contributed by atoms with Crippen molar-refractivity contribution in [2.24, 2.45) is 0 Å². The number of nitrogens with one attached hydrogen (secondary N) is 1. The summed E-state index contributed by atoms with van der Waals surface area (Å²) in [5.41, 5.74) is 1.61. The molecular formula is C22H22N6O4S. The Labute approximate surface area is 190 Å². The van der Waals surface area contributed by atoms with Gasteiger partial charge in [-0.15, -0.1) is 0 Å². The summed E-state index contributed by atoms with van der Waals surface area (Å²) in [7, 11) is -0.789. The van der Waals surface area contributed by atoms with Crippen LogP contribution < -0.4 is 10.9 Å². The molecule has 0 aliphatic carbocycles. The third-order valence-electron chi connectivity index (χ3n) is 5.10. The zero-order valence-electron chi connectivity index (χ0n) is 18.3. The molecule has 33 heavy (non-hydrogen) atoms. The monoisotopic (exact) mass is 466 g/mol. The number of aryl methyl sites for hydroxylation is 1. The number of amides is 1. The van der Waals surface area contributed by atoms with Gasteiger partial charge >= 0.3 is 0 Å². The highest BCUT2D eigenvalue weighted by Crippen LogP contribution is 2.22. The number of aromatic nitrogens is 4. The third-order valence-corrected chi connectivity index (χ3v) is 7.06. The summed E-state index contributed by atoms with van der Waals surface area (Å²) < 4.78 is 28.9. The fourth-order valence-corrected chi connectivity index (χ4v) is 4.47. The van der Waals surface area contributed by atoms with Gasteiger partial charge in [0.25, 0.3) is 5.56 Å². The van der Waals surface area contributed by atoms with Gasteiger partial charge in [-0.2, -0.15) is 5.10 Å². The van der Waals surface area contributed by atoms with Gasteiger partial charge in [0.05, 0.1) is 16.8 Å². The third kappa shape index (κ3) is 4.28. The van der Waals surface area contributed by atoms with Crippen LogP contribution in [0.5, 0.6) is 0 Å². The molecule has 0 fully saturated rings. The SMILES string of the molecule is Cc1ccc(NC(=O)Cn2cnc3c(cnn3-c3ccccc3)c2=O)cc1S(=O)(=O)N(C)C. The van der Waals surface area contributed by atoms with Crippen molar-refractivity contribution in [2.75, 3.05) is 19.4 Å². The molecular weight excluding hydrogens is 444 g/mol. The largest absolute Gasteiger partial charge is 0.324 e. The van der Waals surface area contributed by atoms with Gasteiger partial charge in [-0.05, 0) is 36.8 Å². The van der Waals surface area contributed by atoms with E-state index < -0.39 is 21.5 Å². The van der Waals surface area contributed by atoms with Gasteiger partial charge in [0.15, 0.2) is 5.65 Å². The summed E-state index contributed by atoms with van der Waals surface area (Å²) in [5, 5.41) is 7.18. The number of rotatable bonds is 6. The van der Waals surface area contributed by atoms with Crippen molar-refractivity contribution in [3.05, 3.63) is 77.0 Å². The molecule has 2 heterocycles. The molecule has 0 unspecified atom stereocenters. The van der Waals surface area contributed by atoms with E-state index in [1.54, 1.807) is 23.7 Å². The lowest BCUT2D eigenvalue weighted by Gasteiger charge is -2.15. The number of fused-ring (bicyclic) bond motifs is 1. The minimum atomic E-state index is -3.67. The fraction of sp³-hybridized carbons (Fsp3) is 0.182. The zero-order valence-corrected chi connectivity index (χ0v) is 19.1. The molecule has 0 spiro atoms. The topological polar surface area (TPSA) is 119 Å². The Morgan fingerprint density at radius 3 is 2.55 bits per heavy atom. The highest BCUT2D eigenvalue weighted by atomic mass is 32.2. The van der Waals surface area contributed by atoms with Crippen molar-refractivity contribution in [1.82, 2.24) is 23.6 Å². The summed E-state index contributed by atoms with van der Waals surface area (Å²) in [6.07, 6.45) is 2.72. The number of sulfonamides is 1. The van der Waals surface area contributed by atoms with Crippen LogP contribution in [0.3, 0.4) is 0 Å². The summed E-state index contributed by atoms with van der Waals surface area (Å²) in [5.74, 6) is -0.495. The number of benzene rings is 2. The number of hydrogen-bond acceptors (Lipinski definition) is 6. The first kappa shape index (κ1) is 22.4. The lowest BCUT2D eigenvalue weighted by atomic mass is 10.2. The van der Waals surface area contributed by atoms with Gasteiger partial charge in [0, 0.05) is 19.8 Å². The molecule has 0 aliphatic heterocycles. The summed E-state index contributed by atoms with van der Waals surface area (Å²) in [6, 6.07) is 13.9. The predicted octanol–water partition coefficient (Wildman–Crippen LogP) is 1.78. The van der Waals surface area contributed by atoms with Crippen molar-refractivity contribution in [1.29, 1.82) is 0 Å². The normalized spacial score (nSPS) is 11.8. The quantitative estimate of drug-likeness (QED) is 0.463. The molecule has 0 bridgehead atoms. The van der Waals surface area contributed by atoms with Crippen LogP contribution in [-0.4, -0.2) is 52.1 Å². The van der Waals surface area contributed by atoms with Crippen LogP contribution >= 0.6 is 0 Å². The number of carbonyl (C=O) groups excluding carboxylic acids is 1. The van der Waals surface area contributed by atoms with Gasteiger partial charge in [-0.3, -0.25) is 14.2 Å². The van der Waals surface area contributed by atoms with E-state index in [1.807, 2.05) is 30.3 Å². The Bertz CT molecular complexity index is 1510. The number of hydrogen-bond donors (Lipinski definition) is 1. The van der Waals surface area contributed by atoms with E-state index >= 15 is 0 Å². The zero-order chi connectivity index (χ0) is 23.8. The maximum Gasteiger partial charge on any atom is 0.264 e. The first-order valence-electron chi connectivity index (χ1n) is 10.00. The predicted molar refractivity (Wildman–Crippen MR) is 124 cm³/mol. The number of nitrogens with zero attached hydrogens (tertiary/aromatic N) is 5. The number of para-hydroxylation sites is 1. The molecule has 11 heteroatoms. The van der Waals surface area contributed by atoms with Crippen molar-refractivity contribution in [3.63, 3.8) is 0 Å². The van der Waals surface area contributed by atoms with Crippen LogP contribution in [0.4, 0.5) is 5.69 Å². The summed E-state index contributed by atoms with van der Waals surface area (Å²) in [6.45, 7) is 1.39. The minimum absolute atomic E-state index is 0.0962. The van der Waals surface area contributed by atoms with Crippen LogP contribution in [-0.2, 0) is 21.4 Å². The molecule has 2 aromatic heterocycles. The summed E-state index contributed by atoms with van der Waals surface area (Å²) >= 11 is 0. The molecule has 0 radical (unpaired) electrons. The summed E-state index contributed by atoms with van der Waals surface area (Å²) in [4.78, 5) is 29.9. The average Bonchev–Trinajstić information content (AvgIpc) is 3.22. The fourth-order valence-electron chi connectivity index (χ4n) is 3.33. The molecule has 4 rings (SSSR count). The van der Waals surface area contributed by atoms with Crippen LogP contribution in [0, 0.1) is 6.92 Å². The average molecular weight is 467 g/mol. The molecule has 170 valence electrons. The van der Waals surface area contributed by atoms with E-state index in [0.717, 1.165) is 9.99 Å². The van der Waals surface area contributed by atoms with Gasteiger partial charge < -0.3 is 5.32 Å². The molecule has 0 aliphatic rings. The molecule has 0 saturated heterocycles. The Morgan fingerprint density at radius 2 is 1.85 bits per heavy atom. The Morgan fingerprint density at radius 1 is 1.12 bits per heavy atom. The second-order valence-electron chi connectivity index (χ2n) is 7.62. The smallest absolute Gasteiger partial charge is 0.264 e. The Hall–Kier alpha value is -3.83. The molecule has 4 aromatic rings. The number of anilines is 1. The van der Waals surface area contributed by atoms with E-state index in [4.69, 9.17) is 0 Å². The van der Waals surface area contributed by atoms with Gasteiger partial charge in [-0.1, -0.05) is 24.3 Å². The molecule has 0 saturated carbocycles. The second-order valence-corrected chi connectivity index (χ2v) is 9.74. The molecule has 10 nitrogen and oxygen atoms in total. The van der Waals surface area contributed by atoms with Gasteiger partial charge in [0.1, 0.15) is 18.3 Å². The van der Waals surface area contributed by atoms with E-state index in [2.05, 4.69) is 15.4 Å². The highest BCUT2D eigenvalue weighted by molar-refractivity contribution is 7.89. The standard InChI is InChI=1S/C22H22N6O4S/c1-15-9-10-16(11-19(15)33(31,32)26(2)3)25-20(29)13-27-14-23-21-18(22(27)30)12-24-28(21)17-7-5-4-6-8-17/h4-12,14H,13H2,1-3H3,(H,25,29). The lowest BCUT2D eigenvalue weighted by Crippen LogP contribution is -2.28. The van der Waals surface area contributed by atoms with Crippen LogP contribution in [0.2, 0.25) is 0 Å². The molecule has 1 amide bonds. The van der Waals surface area contributed by atoms with E-state index in [9.17, 15) is 18.0 Å². The van der Waals surface area contributed by atoms with Gasteiger partial charge in [-0.25, -0.2) is 22.4 Å². The number of carbonyl (C=O) groups is 1. The van der Waals surface area contributed by atoms with Crippen molar-refractivity contribution in [3.8, 4) is 5.69 Å².